The van der Waals surface area contributed by atoms with Crippen molar-refractivity contribution in [1.29, 1.82) is 0 Å². The number of likely N-dealkylation sites (tertiary alicyclic amines) is 1. The zero-order chi connectivity index (χ0) is 9.68. The van der Waals surface area contributed by atoms with Crippen molar-refractivity contribution >= 4 is 0 Å². The fourth-order valence-corrected chi connectivity index (χ4v) is 2.11. The molecule has 1 fully saturated rings. The zero-order valence-electron chi connectivity index (χ0n) is 8.15. The Morgan fingerprint density at radius 3 is 2.77 bits per heavy atom. The molecule has 13 heavy (non-hydrogen) atoms. The normalized spacial score (nSPS) is 30.7. The fraction of sp³-hybridized carbons (Fsp3) is 1.00. The van der Waals surface area contributed by atoms with Crippen LogP contribution in [0, 0.1) is 5.92 Å². The minimum atomic E-state index is 0.261. The van der Waals surface area contributed by atoms with E-state index < -0.39 is 0 Å². The molecule has 1 saturated heterocycles. The Morgan fingerprint density at radius 1 is 1.38 bits per heavy atom. The van der Waals surface area contributed by atoms with Crippen molar-refractivity contribution < 1.29 is 5.11 Å². The van der Waals surface area contributed by atoms with Gasteiger partial charge in [-0.25, -0.2) is 0 Å². The van der Waals surface area contributed by atoms with Gasteiger partial charge in [0.1, 0.15) is 0 Å². The molecule has 0 aromatic carbocycles. The van der Waals surface area contributed by atoms with Crippen molar-refractivity contribution in [3.05, 3.63) is 0 Å². The third-order valence-electron chi connectivity index (χ3n) is 2.63. The standard InChI is InChI=1S/C9H21N3O/c10-2-3-12-6-8(1-4-13)5-9(11)7-12/h8-9,13H,1-7,10-11H2. The molecule has 2 atom stereocenters. The quantitative estimate of drug-likeness (QED) is 0.526. The maximum Gasteiger partial charge on any atom is 0.0434 e. The molecule has 0 radical (unpaired) electrons. The van der Waals surface area contributed by atoms with Crippen molar-refractivity contribution in [2.75, 3.05) is 32.8 Å². The van der Waals surface area contributed by atoms with E-state index in [1.807, 2.05) is 0 Å². The summed E-state index contributed by atoms with van der Waals surface area (Å²) in [7, 11) is 0. The monoisotopic (exact) mass is 187 g/mol. The molecular weight excluding hydrogens is 166 g/mol. The average Bonchev–Trinajstić information content (AvgIpc) is 2.04. The first-order chi connectivity index (χ1) is 6.26. The number of hydrogen-bond acceptors (Lipinski definition) is 4. The Hall–Kier alpha value is -0.160. The van der Waals surface area contributed by atoms with Crippen LogP contribution in [-0.2, 0) is 0 Å². The highest BCUT2D eigenvalue weighted by Gasteiger charge is 2.23. The Morgan fingerprint density at radius 2 is 2.15 bits per heavy atom. The Labute approximate surface area is 79.9 Å². The number of aliphatic hydroxyl groups is 1. The van der Waals surface area contributed by atoms with Crippen molar-refractivity contribution in [2.24, 2.45) is 17.4 Å². The van der Waals surface area contributed by atoms with Gasteiger partial charge in [-0.3, -0.25) is 0 Å². The highest BCUT2D eigenvalue weighted by Crippen LogP contribution is 2.17. The van der Waals surface area contributed by atoms with Crippen LogP contribution in [0.25, 0.3) is 0 Å². The van der Waals surface area contributed by atoms with Gasteiger partial charge in [0.15, 0.2) is 0 Å². The maximum atomic E-state index is 8.84. The molecule has 1 heterocycles. The topological polar surface area (TPSA) is 75.5 Å². The summed E-state index contributed by atoms with van der Waals surface area (Å²) in [4.78, 5) is 2.30. The van der Waals surface area contributed by atoms with Gasteiger partial charge in [-0.15, -0.1) is 0 Å². The summed E-state index contributed by atoms with van der Waals surface area (Å²) in [6, 6.07) is 0.261. The molecule has 0 bridgehead atoms. The van der Waals surface area contributed by atoms with Gasteiger partial charge in [-0.1, -0.05) is 0 Å². The number of nitrogens with two attached hydrogens (primary N) is 2. The lowest BCUT2D eigenvalue weighted by Gasteiger charge is -2.35. The van der Waals surface area contributed by atoms with E-state index in [-0.39, 0.29) is 12.6 Å². The Balaban J connectivity index is 2.33. The van der Waals surface area contributed by atoms with E-state index in [9.17, 15) is 0 Å². The molecule has 78 valence electrons. The first kappa shape index (κ1) is 10.9. The molecule has 1 aliphatic rings. The highest BCUT2D eigenvalue weighted by atomic mass is 16.3. The van der Waals surface area contributed by atoms with E-state index in [4.69, 9.17) is 16.6 Å². The lowest BCUT2D eigenvalue weighted by Crippen LogP contribution is -2.48. The summed E-state index contributed by atoms with van der Waals surface area (Å²) < 4.78 is 0. The van der Waals surface area contributed by atoms with Crippen molar-refractivity contribution in [2.45, 2.75) is 18.9 Å². The van der Waals surface area contributed by atoms with Gasteiger partial charge >= 0.3 is 0 Å². The van der Waals surface area contributed by atoms with Gasteiger partial charge in [0, 0.05) is 38.8 Å². The third-order valence-corrected chi connectivity index (χ3v) is 2.63. The lowest BCUT2D eigenvalue weighted by atomic mass is 9.92. The molecule has 0 aromatic heterocycles. The van der Waals surface area contributed by atoms with E-state index in [0.717, 1.165) is 32.5 Å². The first-order valence-corrected chi connectivity index (χ1v) is 5.05. The minimum absolute atomic E-state index is 0.261. The Bertz CT molecular complexity index is 129. The minimum Gasteiger partial charge on any atom is -0.396 e. The molecule has 4 nitrogen and oxygen atoms in total. The SMILES string of the molecule is NCCN1CC(N)CC(CCO)C1. The van der Waals surface area contributed by atoms with Gasteiger partial charge < -0.3 is 21.5 Å². The van der Waals surface area contributed by atoms with E-state index in [1.165, 1.54) is 0 Å². The maximum absolute atomic E-state index is 8.84. The van der Waals surface area contributed by atoms with Crippen LogP contribution >= 0.6 is 0 Å². The molecule has 0 saturated carbocycles. The fourth-order valence-electron chi connectivity index (χ4n) is 2.11. The van der Waals surface area contributed by atoms with Crippen LogP contribution in [0.1, 0.15) is 12.8 Å². The average molecular weight is 187 g/mol. The molecule has 4 heteroatoms. The van der Waals surface area contributed by atoms with E-state index in [2.05, 4.69) is 4.90 Å². The number of piperidine rings is 1. The van der Waals surface area contributed by atoms with Gasteiger partial charge in [0.2, 0.25) is 0 Å². The summed E-state index contributed by atoms with van der Waals surface area (Å²) in [5.74, 6) is 0.556. The smallest absolute Gasteiger partial charge is 0.0434 e. The molecule has 0 spiro atoms. The lowest BCUT2D eigenvalue weighted by molar-refractivity contribution is 0.136. The summed E-state index contributed by atoms with van der Waals surface area (Å²) in [5.41, 5.74) is 11.4. The van der Waals surface area contributed by atoms with Crippen LogP contribution < -0.4 is 11.5 Å². The second-order valence-electron chi connectivity index (χ2n) is 3.92. The highest BCUT2D eigenvalue weighted by molar-refractivity contribution is 4.81. The largest absolute Gasteiger partial charge is 0.396 e. The molecule has 1 aliphatic heterocycles. The van der Waals surface area contributed by atoms with Gasteiger partial charge in [-0.2, -0.15) is 0 Å². The number of aliphatic hydroxyl groups excluding tert-OH is 1. The van der Waals surface area contributed by atoms with E-state index in [0.29, 0.717) is 12.5 Å². The van der Waals surface area contributed by atoms with Gasteiger partial charge in [-0.05, 0) is 18.8 Å². The number of nitrogens with zero attached hydrogens (tertiary/aromatic N) is 1. The number of rotatable bonds is 4. The summed E-state index contributed by atoms with van der Waals surface area (Å²) in [6.45, 7) is 3.90. The van der Waals surface area contributed by atoms with Crippen LogP contribution in [0.3, 0.4) is 0 Å². The zero-order valence-corrected chi connectivity index (χ0v) is 8.15. The molecule has 0 amide bonds. The van der Waals surface area contributed by atoms with E-state index in [1.54, 1.807) is 0 Å². The predicted octanol–water partition coefficient (Wildman–Crippen LogP) is -1.02. The number of hydrogen-bond donors (Lipinski definition) is 3. The summed E-state index contributed by atoms with van der Waals surface area (Å²) in [5, 5.41) is 8.84. The molecule has 5 N–H and O–H groups in total. The van der Waals surface area contributed by atoms with E-state index >= 15 is 0 Å². The van der Waals surface area contributed by atoms with Crippen molar-refractivity contribution in [3.8, 4) is 0 Å². The second kappa shape index (κ2) is 5.54. The van der Waals surface area contributed by atoms with Crippen LogP contribution in [0.4, 0.5) is 0 Å². The van der Waals surface area contributed by atoms with Crippen molar-refractivity contribution in [1.82, 2.24) is 4.90 Å². The molecule has 0 aliphatic carbocycles. The summed E-state index contributed by atoms with van der Waals surface area (Å²) in [6.07, 6.45) is 1.91. The Kier molecular flexibility index (Phi) is 4.66. The molecule has 1 rings (SSSR count). The molecule has 2 unspecified atom stereocenters. The van der Waals surface area contributed by atoms with Crippen LogP contribution in [-0.4, -0.2) is 48.8 Å². The van der Waals surface area contributed by atoms with Crippen LogP contribution in [0.2, 0.25) is 0 Å². The van der Waals surface area contributed by atoms with Crippen molar-refractivity contribution in [3.63, 3.8) is 0 Å². The third kappa shape index (κ3) is 3.60. The summed E-state index contributed by atoms with van der Waals surface area (Å²) >= 11 is 0. The van der Waals surface area contributed by atoms with Crippen LogP contribution in [0.15, 0.2) is 0 Å². The molecule has 0 aromatic rings. The first-order valence-electron chi connectivity index (χ1n) is 5.05. The van der Waals surface area contributed by atoms with Gasteiger partial charge in [0.25, 0.3) is 0 Å². The molecular formula is C9H21N3O. The van der Waals surface area contributed by atoms with Gasteiger partial charge in [0.05, 0.1) is 0 Å². The predicted molar refractivity (Wildman–Crippen MR) is 53.3 cm³/mol. The second-order valence-corrected chi connectivity index (χ2v) is 3.92. The van der Waals surface area contributed by atoms with Crippen LogP contribution in [0.5, 0.6) is 0 Å².